The first-order valence-corrected chi connectivity index (χ1v) is 8.77. The predicted octanol–water partition coefficient (Wildman–Crippen LogP) is 2.56. The molecule has 1 aliphatic rings. The molecule has 1 amide bonds. The fourth-order valence-electron chi connectivity index (χ4n) is 2.35. The number of piperidine rings is 1. The first kappa shape index (κ1) is 14.9. The Hall–Kier alpha value is -1.06. The van der Waals surface area contributed by atoms with E-state index in [1.165, 1.54) is 11.3 Å². The lowest BCUT2D eigenvalue weighted by Gasteiger charge is -2.34. The van der Waals surface area contributed by atoms with E-state index >= 15 is 0 Å². The van der Waals surface area contributed by atoms with Gasteiger partial charge in [-0.3, -0.25) is 4.79 Å². The number of likely N-dealkylation sites (tertiary alicyclic amines) is 1. The van der Waals surface area contributed by atoms with Gasteiger partial charge in [-0.2, -0.15) is 0 Å². The van der Waals surface area contributed by atoms with Crippen LogP contribution in [0.15, 0.2) is 29.9 Å². The molecule has 0 radical (unpaired) electrons. The van der Waals surface area contributed by atoms with Crippen molar-refractivity contribution in [3.8, 4) is 10.7 Å². The van der Waals surface area contributed by atoms with Gasteiger partial charge in [-0.25, -0.2) is 9.97 Å². The molecule has 3 heterocycles. The number of hydrogen-bond acceptors (Lipinski definition) is 5. The summed E-state index contributed by atoms with van der Waals surface area (Å²) in [6.07, 6.45) is 4.46. The first-order chi connectivity index (χ1) is 10.2. The van der Waals surface area contributed by atoms with Gasteiger partial charge in [0, 0.05) is 18.9 Å². The van der Waals surface area contributed by atoms with Crippen molar-refractivity contribution in [1.82, 2.24) is 14.9 Å². The van der Waals surface area contributed by atoms with E-state index in [4.69, 9.17) is 0 Å². The zero-order chi connectivity index (χ0) is 14.8. The number of nitrogens with zero attached hydrogens (tertiary/aromatic N) is 3. The second kappa shape index (κ2) is 6.37. The molecule has 1 N–H and O–H groups in total. The number of hydrogen-bond donors (Lipinski definition) is 1. The quantitative estimate of drug-likeness (QED) is 0.465. The molecule has 0 aliphatic carbocycles. The lowest BCUT2D eigenvalue weighted by Crippen LogP contribution is -2.46. The van der Waals surface area contributed by atoms with Crippen LogP contribution in [0.1, 0.15) is 23.2 Å². The van der Waals surface area contributed by atoms with Crippen molar-refractivity contribution in [2.45, 2.75) is 23.0 Å². The molecule has 1 saturated heterocycles. The second-order valence-corrected chi connectivity index (χ2v) is 7.21. The number of amides is 1. The van der Waals surface area contributed by atoms with Crippen molar-refractivity contribution in [3.05, 3.63) is 35.5 Å². The highest BCUT2D eigenvalue weighted by Crippen LogP contribution is 2.31. The van der Waals surface area contributed by atoms with Gasteiger partial charge < -0.3 is 10.0 Å². The topological polar surface area (TPSA) is 66.3 Å². The third kappa shape index (κ3) is 3.09. The fraction of sp³-hybridized carbons (Fsp3) is 0.357. The summed E-state index contributed by atoms with van der Waals surface area (Å²) in [6.45, 7) is 0.386. The number of alkyl halides is 1. The van der Waals surface area contributed by atoms with Crippen LogP contribution in [-0.4, -0.2) is 42.6 Å². The minimum absolute atomic E-state index is 0.0585. The number of β-amino-alcohol motifs (C(OH)–C–C–N with tert-alkyl or cyclic N) is 1. The normalized spacial score (nSPS) is 22.3. The van der Waals surface area contributed by atoms with Crippen molar-refractivity contribution in [3.63, 3.8) is 0 Å². The zero-order valence-electron chi connectivity index (χ0n) is 11.1. The van der Waals surface area contributed by atoms with Gasteiger partial charge >= 0.3 is 0 Å². The Morgan fingerprint density at radius 2 is 2.14 bits per heavy atom. The lowest BCUT2D eigenvalue weighted by atomic mass is 10.1. The maximum Gasteiger partial charge on any atom is 0.256 e. The molecule has 0 spiro atoms. The Labute approximate surface area is 140 Å². The van der Waals surface area contributed by atoms with Crippen LogP contribution >= 0.6 is 33.9 Å². The van der Waals surface area contributed by atoms with E-state index in [2.05, 4.69) is 32.6 Å². The van der Waals surface area contributed by atoms with E-state index in [1.807, 2.05) is 11.4 Å². The summed E-state index contributed by atoms with van der Waals surface area (Å²) in [5.41, 5.74) is 0.613. The molecule has 5 nitrogen and oxygen atoms in total. The van der Waals surface area contributed by atoms with Crippen molar-refractivity contribution in [2.75, 3.05) is 6.54 Å². The molecule has 3 rings (SSSR count). The van der Waals surface area contributed by atoms with Crippen LogP contribution in [0.3, 0.4) is 0 Å². The summed E-state index contributed by atoms with van der Waals surface area (Å²) in [5.74, 6) is 0.510. The molecular weight excluding hydrogens is 401 g/mol. The average Bonchev–Trinajstić information content (AvgIpc) is 2.99. The Kier molecular flexibility index (Phi) is 4.51. The van der Waals surface area contributed by atoms with Crippen LogP contribution in [0.2, 0.25) is 0 Å². The Morgan fingerprint density at radius 1 is 1.38 bits per heavy atom. The summed E-state index contributed by atoms with van der Waals surface area (Å²) >= 11 is 3.72. The minimum Gasteiger partial charge on any atom is -0.391 e. The van der Waals surface area contributed by atoms with Crippen LogP contribution in [0.25, 0.3) is 10.7 Å². The Morgan fingerprint density at radius 3 is 2.90 bits per heavy atom. The number of rotatable bonds is 2. The molecule has 110 valence electrons. The lowest BCUT2D eigenvalue weighted by molar-refractivity contribution is 0.0447. The number of thiophene rings is 1. The maximum absolute atomic E-state index is 12.8. The van der Waals surface area contributed by atoms with Gasteiger partial charge in [0.05, 0.1) is 20.6 Å². The molecule has 0 aromatic carbocycles. The average molecular weight is 415 g/mol. The molecule has 0 saturated carbocycles. The molecule has 2 aromatic rings. The van der Waals surface area contributed by atoms with Crippen molar-refractivity contribution in [1.29, 1.82) is 0 Å². The number of halogens is 1. The summed E-state index contributed by atoms with van der Waals surface area (Å²) in [6, 6.07) is 3.56. The molecule has 2 atom stereocenters. The molecule has 1 aliphatic heterocycles. The zero-order valence-corrected chi connectivity index (χ0v) is 14.1. The highest BCUT2D eigenvalue weighted by atomic mass is 127. The van der Waals surface area contributed by atoms with Crippen LogP contribution in [0.4, 0.5) is 0 Å². The van der Waals surface area contributed by atoms with Crippen molar-refractivity contribution >= 4 is 39.8 Å². The highest BCUT2D eigenvalue weighted by molar-refractivity contribution is 14.1. The van der Waals surface area contributed by atoms with Crippen molar-refractivity contribution < 1.29 is 9.90 Å². The van der Waals surface area contributed by atoms with Gasteiger partial charge in [0.25, 0.3) is 5.91 Å². The SMILES string of the molecule is O=C(c1ccsc1-c1ncccn1)N1C[C@H](O)CC[C@H]1I. The Bertz CT molecular complexity index is 634. The van der Waals surface area contributed by atoms with E-state index in [1.54, 1.807) is 23.4 Å². The van der Waals surface area contributed by atoms with Gasteiger partial charge in [-0.05, 0) is 30.4 Å². The van der Waals surface area contributed by atoms with Crippen LogP contribution in [0.5, 0.6) is 0 Å². The standard InChI is InChI=1S/C14H14IN3O2S/c15-11-3-2-9(19)8-18(11)14(20)10-4-7-21-12(10)13-16-5-1-6-17-13/h1,4-7,9,11,19H,2-3,8H2/t9-,11+/m1/s1. The van der Waals surface area contributed by atoms with Crippen LogP contribution in [0, 0.1) is 0 Å². The highest BCUT2D eigenvalue weighted by Gasteiger charge is 2.31. The molecule has 0 unspecified atom stereocenters. The van der Waals surface area contributed by atoms with E-state index in [-0.39, 0.29) is 9.96 Å². The Balaban J connectivity index is 1.91. The summed E-state index contributed by atoms with van der Waals surface area (Å²) in [4.78, 5) is 23.7. The number of carbonyl (C=O) groups is 1. The largest absolute Gasteiger partial charge is 0.391 e. The van der Waals surface area contributed by atoms with E-state index < -0.39 is 6.10 Å². The molecule has 2 aromatic heterocycles. The summed E-state index contributed by atoms with van der Waals surface area (Å²) in [7, 11) is 0. The number of carbonyl (C=O) groups excluding carboxylic acids is 1. The van der Waals surface area contributed by atoms with E-state index in [0.717, 1.165) is 17.7 Å². The summed E-state index contributed by atoms with van der Waals surface area (Å²) in [5, 5.41) is 11.7. The second-order valence-electron chi connectivity index (χ2n) is 4.86. The van der Waals surface area contributed by atoms with Gasteiger partial charge in [-0.15, -0.1) is 11.3 Å². The third-order valence-corrected chi connectivity index (χ3v) is 5.61. The van der Waals surface area contributed by atoms with E-state index in [0.29, 0.717) is 17.9 Å². The fourth-order valence-corrected chi connectivity index (χ4v) is 4.02. The van der Waals surface area contributed by atoms with Gasteiger partial charge in [0.1, 0.15) is 0 Å². The molecule has 0 bridgehead atoms. The van der Waals surface area contributed by atoms with Gasteiger partial charge in [-0.1, -0.05) is 22.6 Å². The minimum atomic E-state index is -0.435. The summed E-state index contributed by atoms with van der Waals surface area (Å²) < 4.78 is 0.114. The van der Waals surface area contributed by atoms with Crippen LogP contribution < -0.4 is 0 Å². The molecule has 7 heteroatoms. The molecule has 1 fully saturated rings. The molecular formula is C14H14IN3O2S. The smallest absolute Gasteiger partial charge is 0.256 e. The monoisotopic (exact) mass is 415 g/mol. The van der Waals surface area contributed by atoms with Gasteiger partial charge in [0.15, 0.2) is 5.82 Å². The number of aliphatic hydroxyl groups excluding tert-OH is 1. The first-order valence-electron chi connectivity index (χ1n) is 6.65. The predicted molar refractivity (Wildman–Crippen MR) is 89.4 cm³/mol. The van der Waals surface area contributed by atoms with Crippen molar-refractivity contribution in [2.24, 2.45) is 0 Å². The third-order valence-electron chi connectivity index (χ3n) is 3.41. The number of aromatic nitrogens is 2. The number of aliphatic hydroxyl groups is 1. The molecule has 21 heavy (non-hydrogen) atoms. The maximum atomic E-state index is 12.8. The van der Waals surface area contributed by atoms with Gasteiger partial charge in [0.2, 0.25) is 0 Å². The van der Waals surface area contributed by atoms with E-state index in [9.17, 15) is 9.90 Å². The van der Waals surface area contributed by atoms with Crippen LogP contribution in [-0.2, 0) is 0 Å².